The number of nitrogens with one attached hydrogen (secondary N) is 1. The summed E-state index contributed by atoms with van der Waals surface area (Å²) in [6, 6.07) is 6.63. The molecule has 0 radical (unpaired) electrons. The van der Waals surface area contributed by atoms with Crippen LogP contribution in [0.1, 0.15) is 29.9 Å². The van der Waals surface area contributed by atoms with Crippen LogP contribution in [0.4, 0.5) is 4.39 Å². The molecule has 1 heterocycles. The predicted molar refractivity (Wildman–Crippen MR) is 75.0 cm³/mol. The van der Waals surface area contributed by atoms with E-state index in [1.54, 1.807) is 18.4 Å². The Kier molecular flexibility index (Phi) is 4.61. The first-order valence-electron chi connectivity index (χ1n) is 6.32. The van der Waals surface area contributed by atoms with Gasteiger partial charge in [0.15, 0.2) is 0 Å². The fourth-order valence-corrected chi connectivity index (χ4v) is 2.32. The third-order valence-corrected chi connectivity index (χ3v) is 3.27. The largest absolute Gasteiger partial charge is 0.469 e. The van der Waals surface area contributed by atoms with Crippen LogP contribution < -0.4 is 5.32 Å². The fourth-order valence-electron chi connectivity index (χ4n) is 2.12. The van der Waals surface area contributed by atoms with Gasteiger partial charge in [-0.05, 0) is 49.7 Å². The van der Waals surface area contributed by atoms with Crippen molar-refractivity contribution in [2.45, 2.75) is 26.3 Å². The first-order chi connectivity index (χ1) is 9.10. The van der Waals surface area contributed by atoms with E-state index in [2.05, 4.69) is 5.32 Å². The highest BCUT2D eigenvalue weighted by Gasteiger charge is 2.15. The van der Waals surface area contributed by atoms with Crippen molar-refractivity contribution >= 4 is 11.6 Å². The van der Waals surface area contributed by atoms with Crippen molar-refractivity contribution in [3.8, 4) is 0 Å². The highest BCUT2D eigenvalue weighted by molar-refractivity contribution is 6.30. The van der Waals surface area contributed by atoms with Gasteiger partial charge in [0.2, 0.25) is 0 Å². The molecule has 0 bridgehead atoms. The summed E-state index contributed by atoms with van der Waals surface area (Å²) in [6.45, 7) is 4.72. The van der Waals surface area contributed by atoms with E-state index in [1.807, 2.05) is 19.9 Å². The number of furan rings is 1. The third-order valence-electron chi connectivity index (χ3n) is 3.04. The van der Waals surface area contributed by atoms with E-state index in [-0.39, 0.29) is 11.9 Å². The summed E-state index contributed by atoms with van der Waals surface area (Å²) >= 11 is 5.92. The van der Waals surface area contributed by atoms with Crippen LogP contribution in [0.2, 0.25) is 5.02 Å². The Hall–Kier alpha value is -1.32. The molecular weight excluding hydrogens is 265 g/mol. The lowest BCUT2D eigenvalue weighted by Gasteiger charge is -2.17. The minimum atomic E-state index is -0.229. The maximum atomic E-state index is 13.8. The number of halogens is 2. The van der Waals surface area contributed by atoms with Crippen molar-refractivity contribution in [3.05, 3.63) is 58.3 Å². The van der Waals surface area contributed by atoms with Crippen LogP contribution in [-0.4, -0.2) is 6.54 Å². The first kappa shape index (κ1) is 14.1. The van der Waals surface area contributed by atoms with E-state index >= 15 is 0 Å². The van der Waals surface area contributed by atoms with Gasteiger partial charge >= 0.3 is 0 Å². The van der Waals surface area contributed by atoms with Crippen molar-refractivity contribution in [3.63, 3.8) is 0 Å². The molecule has 2 nitrogen and oxygen atoms in total. The molecule has 1 atom stereocenters. The molecule has 1 N–H and O–H groups in total. The van der Waals surface area contributed by atoms with Crippen LogP contribution in [0.25, 0.3) is 0 Å². The smallest absolute Gasteiger partial charge is 0.126 e. The number of likely N-dealkylation sites (N-methyl/N-ethyl adjacent to an activating group) is 1. The maximum absolute atomic E-state index is 13.8. The van der Waals surface area contributed by atoms with Gasteiger partial charge in [0.05, 0.1) is 6.26 Å². The van der Waals surface area contributed by atoms with Crippen LogP contribution in [0.5, 0.6) is 0 Å². The monoisotopic (exact) mass is 281 g/mol. The van der Waals surface area contributed by atoms with Crippen molar-refractivity contribution in [1.29, 1.82) is 0 Å². The van der Waals surface area contributed by atoms with E-state index in [0.29, 0.717) is 17.0 Å². The van der Waals surface area contributed by atoms with E-state index in [4.69, 9.17) is 16.0 Å². The van der Waals surface area contributed by atoms with Gasteiger partial charge in [-0.3, -0.25) is 0 Å². The summed E-state index contributed by atoms with van der Waals surface area (Å²) in [5.74, 6) is 0.622. The second kappa shape index (κ2) is 6.22. The SMILES string of the molecule is CCNC(Cc1cc(Cl)ccc1F)c1coc(C)c1. The minimum absolute atomic E-state index is 0.0235. The highest BCUT2D eigenvalue weighted by atomic mass is 35.5. The van der Waals surface area contributed by atoms with E-state index in [9.17, 15) is 4.39 Å². The molecule has 2 rings (SSSR count). The van der Waals surface area contributed by atoms with Gasteiger partial charge in [-0.15, -0.1) is 0 Å². The molecule has 1 unspecified atom stereocenters. The number of benzene rings is 1. The lowest BCUT2D eigenvalue weighted by atomic mass is 10.0. The zero-order valence-corrected chi connectivity index (χ0v) is 11.8. The van der Waals surface area contributed by atoms with Crippen LogP contribution in [0.15, 0.2) is 34.9 Å². The summed E-state index contributed by atoms with van der Waals surface area (Å²) < 4.78 is 19.1. The second-order valence-corrected chi connectivity index (χ2v) is 4.98. The quantitative estimate of drug-likeness (QED) is 0.885. The highest BCUT2D eigenvalue weighted by Crippen LogP contribution is 2.24. The van der Waals surface area contributed by atoms with Gasteiger partial charge in [-0.1, -0.05) is 18.5 Å². The lowest BCUT2D eigenvalue weighted by molar-refractivity contribution is 0.504. The number of hydrogen-bond donors (Lipinski definition) is 1. The molecule has 19 heavy (non-hydrogen) atoms. The van der Waals surface area contributed by atoms with Gasteiger partial charge in [-0.25, -0.2) is 4.39 Å². The molecule has 0 aliphatic heterocycles. The van der Waals surface area contributed by atoms with Gasteiger partial charge in [0, 0.05) is 16.6 Å². The Morgan fingerprint density at radius 2 is 2.16 bits per heavy atom. The summed E-state index contributed by atoms with van der Waals surface area (Å²) in [7, 11) is 0. The number of hydrogen-bond acceptors (Lipinski definition) is 2. The van der Waals surface area contributed by atoms with E-state index in [1.165, 1.54) is 6.07 Å². The number of rotatable bonds is 5. The molecule has 0 aliphatic carbocycles. The molecule has 0 saturated carbocycles. The normalized spacial score (nSPS) is 12.6. The molecule has 102 valence electrons. The van der Waals surface area contributed by atoms with Gasteiger partial charge < -0.3 is 9.73 Å². The van der Waals surface area contributed by atoms with Gasteiger partial charge in [-0.2, -0.15) is 0 Å². The average molecular weight is 282 g/mol. The van der Waals surface area contributed by atoms with Crippen LogP contribution in [0, 0.1) is 12.7 Å². The molecule has 2 aromatic rings. The van der Waals surface area contributed by atoms with Gasteiger partial charge in [0.25, 0.3) is 0 Å². The Bertz CT molecular complexity index is 553. The topological polar surface area (TPSA) is 25.2 Å². The first-order valence-corrected chi connectivity index (χ1v) is 6.70. The molecule has 0 fully saturated rings. The molecule has 0 spiro atoms. The van der Waals surface area contributed by atoms with Crippen LogP contribution in [0.3, 0.4) is 0 Å². The zero-order chi connectivity index (χ0) is 13.8. The molecular formula is C15H17ClFNO. The Morgan fingerprint density at radius 1 is 1.37 bits per heavy atom. The summed E-state index contributed by atoms with van der Waals surface area (Å²) in [5.41, 5.74) is 1.64. The Morgan fingerprint density at radius 3 is 2.79 bits per heavy atom. The summed E-state index contributed by atoms with van der Waals surface area (Å²) in [4.78, 5) is 0. The zero-order valence-electron chi connectivity index (χ0n) is 11.0. The number of aryl methyl sites for hydroxylation is 1. The molecule has 0 amide bonds. The molecule has 1 aromatic heterocycles. The predicted octanol–water partition coefficient (Wildman–Crippen LogP) is 4.27. The van der Waals surface area contributed by atoms with E-state index < -0.39 is 0 Å². The Labute approximate surface area is 117 Å². The van der Waals surface area contributed by atoms with Crippen LogP contribution >= 0.6 is 11.6 Å². The van der Waals surface area contributed by atoms with Crippen LogP contribution in [-0.2, 0) is 6.42 Å². The standard InChI is InChI=1S/C15H17ClFNO/c1-3-18-15(12-6-10(2)19-9-12)8-11-7-13(16)4-5-14(11)17/h4-7,9,15,18H,3,8H2,1-2H3. The second-order valence-electron chi connectivity index (χ2n) is 4.54. The third kappa shape index (κ3) is 3.58. The molecule has 4 heteroatoms. The molecule has 0 aliphatic rings. The summed E-state index contributed by atoms with van der Waals surface area (Å²) in [5, 5.41) is 3.89. The molecule has 0 saturated heterocycles. The van der Waals surface area contributed by atoms with Crippen molar-refractivity contribution in [1.82, 2.24) is 5.32 Å². The average Bonchev–Trinajstić information content (AvgIpc) is 2.80. The fraction of sp³-hybridized carbons (Fsp3) is 0.333. The molecule has 1 aromatic carbocycles. The Balaban J connectivity index is 2.23. The van der Waals surface area contributed by atoms with Crippen molar-refractivity contribution in [2.75, 3.05) is 6.54 Å². The van der Waals surface area contributed by atoms with Gasteiger partial charge in [0.1, 0.15) is 11.6 Å². The van der Waals surface area contributed by atoms with Crippen molar-refractivity contribution in [2.24, 2.45) is 0 Å². The maximum Gasteiger partial charge on any atom is 0.126 e. The van der Waals surface area contributed by atoms with Crippen molar-refractivity contribution < 1.29 is 8.81 Å². The summed E-state index contributed by atoms with van der Waals surface area (Å²) in [6.07, 6.45) is 2.25. The van der Waals surface area contributed by atoms with E-state index in [0.717, 1.165) is 17.9 Å². The lowest BCUT2D eigenvalue weighted by Crippen LogP contribution is -2.22. The minimum Gasteiger partial charge on any atom is -0.469 e.